The molecule has 0 atom stereocenters. The van der Waals surface area contributed by atoms with Gasteiger partial charge in [-0.25, -0.2) is 0 Å². The molecular formula is C12H18N2O3. The number of rotatable bonds is 4. The van der Waals surface area contributed by atoms with Gasteiger partial charge in [0.25, 0.3) is 0 Å². The van der Waals surface area contributed by atoms with Crippen molar-refractivity contribution < 1.29 is 14.3 Å². The summed E-state index contributed by atoms with van der Waals surface area (Å²) in [6.07, 6.45) is 2.87. The summed E-state index contributed by atoms with van der Waals surface area (Å²) in [6.45, 7) is 3.79. The summed E-state index contributed by atoms with van der Waals surface area (Å²) < 4.78 is 12.5. The number of methoxy groups -OCH3 is 1. The van der Waals surface area contributed by atoms with Crippen molar-refractivity contribution in [1.29, 1.82) is 0 Å². The van der Waals surface area contributed by atoms with Crippen LogP contribution in [0.2, 0.25) is 0 Å². The van der Waals surface area contributed by atoms with E-state index in [2.05, 4.69) is 5.10 Å². The molecule has 0 saturated carbocycles. The molecule has 1 aliphatic heterocycles. The van der Waals surface area contributed by atoms with E-state index in [1.165, 1.54) is 0 Å². The number of hydrogen-bond donors (Lipinski definition) is 0. The SMILES string of the molecule is CCn1nccc1C(=O)C1(OC)CCOCC1. The van der Waals surface area contributed by atoms with Gasteiger partial charge in [0.15, 0.2) is 0 Å². The highest BCUT2D eigenvalue weighted by Crippen LogP contribution is 2.28. The van der Waals surface area contributed by atoms with Crippen LogP contribution in [0, 0.1) is 0 Å². The third-order valence-electron chi connectivity index (χ3n) is 3.35. The molecule has 2 heterocycles. The molecule has 0 spiro atoms. The fourth-order valence-corrected chi connectivity index (χ4v) is 2.24. The molecule has 1 aliphatic rings. The van der Waals surface area contributed by atoms with Crippen LogP contribution in [-0.2, 0) is 16.0 Å². The summed E-state index contributed by atoms with van der Waals surface area (Å²) in [5.41, 5.74) is -0.109. The molecule has 17 heavy (non-hydrogen) atoms. The second kappa shape index (κ2) is 4.98. The Bertz CT molecular complexity index is 394. The van der Waals surface area contributed by atoms with Crippen molar-refractivity contribution in [1.82, 2.24) is 9.78 Å². The van der Waals surface area contributed by atoms with Crippen LogP contribution in [0.4, 0.5) is 0 Å². The molecule has 0 unspecified atom stereocenters. The van der Waals surface area contributed by atoms with E-state index in [9.17, 15) is 4.79 Å². The van der Waals surface area contributed by atoms with Crippen LogP contribution in [0.5, 0.6) is 0 Å². The van der Waals surface area contributed by atoms with E-state index >= 15 is 0 Å². The Morgan fingerprint density at radius 3 is 2.88 bits per heavy atom. The summed E-state index contributed by atoms with van der Waals surface area (Å²) in [5.74, 6) is 0.0163. The average molecular weight is 238 g/mol. The van der Waals surface area contributed by atoms with E-state index in [0.717, 1.165) is 0 Å². The molecule has 0 aromatic carbocycles. The lowest BCUT2D eigenvalue weighted by Gasteiger charge is -2.34. The second-order valence-electron chi connectivity index (χ2n) is 4.17. The van der Waals surface area contributed by atoms with Crippen molar-refractivity contribution in [2.24, 2.45) is 0 Å². The fourth-order valence-electron chi connectivity index (χ4n) is 2.24. The van der Waals surface area contributed by atoms with Gasteiger partial charge >= 0.3 is 0 Å². The van der Waals surface area contributed by atoms with E-state index in [0.29, 0.717) is 38.3 Å². The van der Waals surface area contributed by atoms with Crippen molar-refractivity contribution in [2.75, 3.05) is 20.3 Å². The molecule has 5 nitrogen and oxygen atoms in total. The van der Waals surface area contributed by atoms with Gasteiger partial charge in [0.2, 0.25) is 5.78 Å². The lowest BCUT2D eigenvalue weighted by atomic mass is 9.87. The lowest BCUT2D eigenvalue weighted by molar-refractivity contribution is -0.0667. The highest BCUT2D eigenvalue weighted by Gasteiger charge is 2.41. The summed E-state index contributed by atoms with van der Waals surface area (Å²) in [5, 5.41) is 4.13. The Labute approximate surface area is 101 Å². The lowest BCUT2D eigenvalue weighted by Crippen LogP contribution is -2.46. The molecule has 1 fully saturated rings. The molecule has 1 aromatic rings. The molecule has 0 bridgehead atoms. The minimum Gasteiger partial charge on any atom is -0.381 e. The van der Waals surface area contributed by atoms with Crippen molar-refractivity contribution in [3.63, 3.8) is 0 Å². The molecule has 0 N–H and O–H groups in total. The van der Waals surface area contributed by atoms with Crippen LogP contribution in [-0.4, -0.2) is 41.5 Å². The van der Waals surface area contributed by atoms with Gasteiger partial charge in [-0.05, 0) is 13.0 Å². The van der Waals surface area contributed by atoms with Gasteiger partial charge in [-0.3, -0.25) is 9.48 Å². The normalized spacial score (nSPS) is 19.2. The Hall–Kier alpha value is -1.20. The molecule has 0 radical (unpaired) electrons. The highest BCUT2D eigenvalue weighted by atomic mass is 16.5. The largest absolute Gasteiger partial charge is 0.381 e. The monoisotopic (exact) mass is 238 g/mol. The molecule has 2 rings (SSSR count). The predicted molar refractivity (Wildman–Crippen MR) is 62.0 cm³/mol. The quantitative estimate of drug-likeness (QED) is 0.741. The smallest absolute Gasteiger partial charge is 0.212 e. The highest BCUT2D eigenvalue weighted by molar-refractivity contribution is 6.01. The summed E-state index contributed by atoms with van der Waals surface area (Å²) >= 11 is 0. The van der Waals surface area contributed by atoms with Gasteiger partial charge in [-0.2, -0.15) is 5.10 Å². The Morgan fingerprint density at radius 1 is 1.59 bits per heavy atom. The van der Waals surface area contributed by atoms with E-state index in [-0.39, 0.29) is 5.78 Å². The number of hydrogen-bond acceptors (Lipinski definition) is 4. The molecule has 0 amide bonds. The predicted octanol–water partition coefficient (Wildman–Crippen LogP) is 1.28. The number of nitrogens with zero attached hydrogens (tertiary/aromatic N) is 2. The van der Waals surface area contributed by atoms with Crippen LogP contribution in [0.1, 0.15) is 30.3 Å². The van der Waals surface area contributed by atoms with Gasteiger partial charge in [0.05, 0.1) is 0 Å². The van der Waals surface area contributed by atoms with Gasteiger partial charge in [0, 0.05) is 45.9 Å². The topological polar surface area (TPSA) is 53.4 Å². The van der Waals surface area contributed by atoms with Gasteiger partial charge in [-0.1, -0.05) is 0 Å². The van der Waals surface area contributed by atoms with Crippen molar-refractivity contribution in [3.05, 3.63) is 18.0 Å². The first-order valence-electron chi connectivity index (χ1n) is 5.93. The maximum Gasteiger partial charge on any atom is 0.212 e. The van der Waals surface area contributed by atoms with Crippen LogP contribution in [0.15, 0.2) is 12.3 Å². The van der Waals surface area contributed by atoms with Crippen LogP contribution in [0.3, 0.4) is 0 Å². The van der Waals surface area contributed by atoms with Crippen molar-refractivity contribution in [2.45, 2.75) is 31.9 Å². The Kier molecular flexibility index (Phi) is 3.59. The van der Waals surface area contributed by atoms with Gasteiger partial charge < -0.3 is 9.47 Å². The number of aromatic nitrogens is 2. The number of Topliss-reactive ketones (excluding diaryl/α,β-unsaturated/α-hetero) is 1. The van der Waals surface area contributed by atoms with E-state index in [1.54, 1.807) is 24.1 Å². The summed E-state index contributed by atoms with van der Waals surface area (Å²) in [7, 11) is 1.59. The Balaban J connectivity index is 2.28. The maximum atomic E-state index is 12.6. The number of ketones is 1. The molecular weight excluding hydrogens is 220 g/mol. The minimum atomic E-state index is -0.731. The van der Waals surface area contributed by atoms with E-state index in [4.69, 9.17) is 9.47 Å². The zero-order chi connectivity index (χ0) is 12.3. The average Bonchev–Trinajstić information content (AvgIpc) is 2.86. The number of aryl methyl sites for hydroxylation is 1. The van der Waals surface area contributed by atoms with Crippen LogP contribution < -0.4 is 0 Å². The third-order valence-corrected chi connectivity index (χ3v) is 3.35. The first-order chi connectivity index (χ1) is 8.23. The zero-order valence-corrected chi connectivity index (χ0v) is 10.3. The molecule has 0 aliphatic carbocycles. The molecule has 1 saturated heterocycles. The first kappa shape index (κ1) is 12.3. The van der Waals surface area contributed by atoms with Crippen LogP contribution in [0.25, 0.3) is 0 Å². The van der Waals surface area contributed by atoms with E-state index in [1.807, 2.05) is 6.92 Å². The fraction of sp³-hybridized carbons (Fsp3) is 0.667. The maximum absolute atomic E-state index is 12.6. The third kappa shape index (κ3) is 2.12. The van der Waals surface area contributed by atoms with Crippen molar-refractivity contribution in [3.8, 4) is 0 Å². The van der Waals surface area contributed by atoms with Gasteiger partial charge in [-0.15, -0.1) is 0 Å². The number of ether oxygens (including phenoxy) is 2. The zero-order valence-electron chi connectivity index (χ0n) is 10.3. The standard InChI is InChI=1S/C12H18N2O3/c1-3-14-10(4-7-13-14)11(15)12(16-2)5-8-17-9-6-12/h4,7H,3,5-6,8-9H2,1-2H3. The summed E-state index contributed by atoms with van der Waals surface area (Å²) in [6, 6.07) is 1.75. The summed E-state index contributed by atoms with van der Waals surface area (Å²) in [4.78, 5) is 12.6. The van der Waals surface area contributed by atoms with Crippen molar-refractivity contribution >= 4 is 5.78 Å². The van der Waals surface area contributed by atoms with E-state index < -0.39 is 5.60 Å². The van der Waals surface area contributed by atoms with Crippen LogP contribution >= 0.6 is 0 Å². The molecule has 94 valence electrons. The first-order valence-corrected chi connectivity index (χ1v) is 5.93. The van der Waals surface area contributed by atoms with Gasteiger partial charge in [0.1, 0.15) is 11.3 Å². The second-order valence-corrected chi connectivity index (χ2v) is 4.17. The minimum absolute atomic E-state index is 0.0163. The Morgan fingerprint density at radius 2 is 2.29 bits per heavy atom. The molecule has 1 aromatic heterocycles. The number of carbonyl (C=O) groups excluding carboxylic acids is 1. The molecule has 5 heteroatoms. The number of carbonyl (C=O) groups is 1.